The predicted molar refractivity (Wildman–Crippen MR) is 169 cm³/mol. The van der Waals surface area contributed by atoms with Gasteiger partial charge in [-0.2, -0.15) is 0 Å². The van der Waals surface area contributed by atoms with E-state index in [4.69, 9.17) is 16.3 Å². The number of pyridine rings is 1. The maximum Gasteiger partial charge on any atom is 0.586 e. The number of alkyl halides is 2. The van der Waals surface area contributed by atoms with E-state index in [1.54, 1.807) is 13.0 Å². The number of nitrogens with zero attached hydrogens (tertiary/aromatic N) is 2. The number of aliphatic hydroxyl groups is 2. The van der Waals surface area contributed by atoms with Crippen LogP contribution in [0.1, 0.15) is 46.0 Å². The van der Waals surface area contributed by atoms with Gasteiger partial charge in [0.05, 0.1) is 39.7 Å². The van der Waals surface area contributed by atoms with Crippen LogP contribution >= 0.6 is 22.9 Å². The Balaban J connectivity index is 1.48. The van der Waals surface area contributed by atoms with E-state index in [9.17, 15) is 28.2 Å². The van der Waals surface area contributed by atoms with Crippen LogP contribution in [0.5, 0.6) is 17.2 Å². The molecule has 250 valence electrons. The first-order chi connectivity index (χ1) is 22.5. The average Bonchev–Trinajstić information content (AvgIpc) is 3.56. The first-order valence-corrected chi connectivity index (χ1v) is 15.4. The number of aromatic nitrogens is 2. The highest BCUT2D eigenvalue weighted by atomic mass is 35.5. The van der Waals surface area contributed by atoms with Crippen LogP contribution < -0.4 is 19.5 Å². The van der Waals surface area contributed by atoms with E-state index in [1.807, 2.05) is 0 Å². The van der Waals surface area contributed by atoms with E-state index >= 15 is 4.39 Å². The number of nitrogens with one attached hydrogen (secondary N) is 1. The van der Waals surface area contributed by atoms with Gasteiger partial charge in [-0.1, -0.05) is 23.7 Å². The van der Waals surface area contributed by atoms with E-state index in [2.05, 4.69) is 24.8 Å². The van der Waals surface area contributed by atoms with Crippen LogP contribution in [0.25, 0.3) is 21.5 Å². The van der Waals surface area contributed by atoms with Gasteiger partial charge in [-0.15, -0.1) is 20.1 Å². The largest absolute Gasteiger partial charge is 0.586 e. The van der Waals surface area contributed by atoms with Gasteiger partial charge >= 0.3 is 6.29 Å². The summed E-state index contributed by atoms with van der Waals surface area (Å²) in [5, 5.41) is 26.2. The Labute approximate surface area is 279 Å². The molecule has 5 aromatic rings. The zero-order valence-corrected chi connectivity index (χ0v) is 27.2. The molecular weight excluding hydrogens is 678 g/mol. The first-order valence-electron chi connectivity index (χ1n) is 14.2. The summed E-state index contributed by atoms with van der Waals surface area (Å²) in [7, 11) is 1.43. The molecule has 15 heteroatoms. The Bertz CT molecular complexity index is 2100. The molecular formula is C33H26ClF4N3O6S. The number of amides is 1. The maximum absolute atomic E-state index is 16.2. The smallest absolute Gasteiger partial charge is 0.494 e. The molecule has 0 fully saturated rings. The quantitative estimate of drug-likeness (QED) is 0.151. The second kappa shape index (κ2) is 11.9. The van der Waals surface area contributed by atoms with E-state index < -0.39 is 63.8 Å². The lowest BCUT2D eigenvalue weighted by atomic mass is 9.86. The summed E-state index contributed by atoms with van der Waals surface area (Å²) in [6.07, 6.45) is -4.03. The van der Waals surface area contributed by atoms with Crippen LogP contribution in [0.4, 0.5) is 17.6 Å². The summed E-state index contributed by atoms with van der Waals surface area (Å²) < 4.78 is 73.5. The van der Waals surface area contributed by atoms with Crippen molar-refractivity contribution in [1.82, 2.24) is 15.3 Å². The highest BCUT2D eigenvalue weighted by molar-refractivity contribution is 7.18. The normalized spacial score (nSPS) is 15.0. The van der Waals surface area contributed by atoms with Crippen molar-refractivity contribution in [1.29, 1.82) is 0 Å². The average molecular weight is 704 g/mol. The summed E-state index contributed by atoms with van der Waals surface area (Å²) in [6.45, 7) is 3.73. The molecule has 6 rings (SSSR count). The van der Waals surface area contributed by atoms with Crippen molar-refractivity contribution >= 4 is 39.1 Å². The molecule has 9 nitrogen and oxygen atoms in total. The van der Waals surface area contributed by atoms with E-state index in [0.717, 1.165) is 35.3 Å². The molecule has 1 aliphatic heterocycles. The van der Waals surface area contributed by atoms with Gasteiger partial charge < -0.3 is 29.7 Å². The first kappa shape index (κ1) is 33.4. The molecule has 0 radical (unpaired) electrons. The van der Waals surface area contributed by atoms with Crippen molar-refractivity contribution in [3.05, 3.63) is 98.6 Å². The van der Waals surface area contributed by atoms with Crippen molar-refractivity contribution < 1.29 is 46.8 Å². The Hall–Kier alpha value is -4.50. The molecule has 48 heavy (non-hydrogen) atoms. The molecule has 2 aromatic heterocycles. The second-order valence-corrected chi connectivity index (χ2v) is 13.1. The highest BCUT2D eigenvalue weighted by Crippen LogP contribution is 2.50. The molecule has 3 aromatic carbocycles. The monoisotopic (exact) mass is 703 g/mol. The van der Waals surface area contributed by atoms with Gasteiger partial charge in [-0.25, -0.2) is 18.7 Å². The molecule has 0 bridgehead atoms. The number of benzene rings is 3. The van der Waals surface area contributed by atoms with E-state index in [0.29, 0.717) is 16.0 Å². The Morgan fingerprint density at radius 1 is 1.08 bits per heavy atom. The number of methoxy groups -OCH3 is 1. The summed E-state index contributed by atoms with van der Waals surface area (Å²) in [4.78, 5) is 22.3. The number of hydrogen-bond donors (Lipinski definition) is 3. The molecule has 0 aliphatic carbocycles. The number of aryl methyl sites for hydroxylation is 1. The summed E-state index contributed by atoms with van der Waals surface area (Å²) >= 11 is 7.75. The lowest BCUT2D eigenvalue weighted by Gasteiger charge is -2.31. The number of ether oxygens (including phenoxy) is 3. The second-order valence-electron chi connectivity index (χ2n) is 11.5. The van der Waals surface area contributed by atoms with Crippen molar-refractivity contribution in [3.8, 4) is 28.5 Å². The Morgan fingerprint density at radius 3 is 2.52 bits per heavy atom. The number of carbonyl (C=O) groups excluding carboxylic acids is 1. The molecule has 1 aliphatic rings. The number of hydrogen-bond acceptors (Lipinski definition) is 9. The zero-order chi connectivity index (χ0) is 34.8. The minimum atomic E-state index is -4.03. The SMILES string of the molecule is COc1cc(C(=O)NC[C@@](O)(c2cccc(F)c2)c2cc(C(C)(C)O)c(F)c(-c3ccc4c(c3Cl)OC(F)(F)O4)n2)cc2sc(C)nc12. The van der Waals surface area contributed by atoms with Crippen molar-refractivity contribution in [2.45, 2.75) is 38.3 Å². The summed E-state index contributed by atoms with van der Waals surface area (Å²) in [5.74, 6) is -3.12. The topological polar surface area (TPSA) is 123 Å². The van der Waals surface area contributed by atoms with E-state index in [-0.39, 0.29) is 27.9 Å². The van der Waals surface area contributed by atoms with E-state index in [1.165, 1.54) is 50.5 Å². The van der Waals surface area contributed by atoms with Crippen LogP contribution in [0.15, 0.2) is 54.6 Å². The lowest BCUT2D eigenvalue weighted by Crippen LogP contribution is -2.43. The standard InChI is InChI=1S/C33H26ClF4N3O6S/c1-15-40-28-22(45-4)10-16(11-23(28)48-15)30(42)39-14-32(44,17-6-5-7-18(35)12-17)24-13-20(31(2,3)43)26(36)27(41-24)19-8-9-21-29(25(19)34)47-33(37,38)46-21/h5-13,43-44H,14H2,1-4H3,(H,39,42)/t32-/m1/s1. The fourth-order valence-electron chi connectivity index (χ4n) is 5.32. The number of carbonyl (C=O) groups is 1. The molecule has 3 N–H and O–H groups in total. The van der Waals surface area contributed by atoms with Crippen molar-refractivity contribution in [3.63, 3.8) is 0 Å². The van der Waals surface area contributed by atoms with Crippen molar-refractivity contribution in [2.75, 3.05) is 13.7 Å². The summed E-state index contributed by atoms with van der Waals surface area (Å²) in [6, 6.07) is 11.2. The van der Waals surface area contributed by atoms with Gasteiger partial charge in [0.15, 0.2) is 17.3 Å². The Morgan fingerprint density at radius 2 is 1.83 bits per heavy atom. The number of rotatable bonds is 8. The number of halogens is 5. The molecule has 0 saturated carbocycles. The predicted octanol–water partition coefficient (Wildman–Crippen LogP) is 6.82. The number of thiazole rings is 1. The third kappa shape index (κ3) is 6.00. The zero-order valence-electron chi connectivity index (χ0n) is 25.6. The fraction of sp³-hybridized carbons (Fsp3) is 0.242. The number of fused-ring (bicyclic) bond motifs is 2. The van der Waals surface area contributed by atoms with Gasteiger partial charge in [0, 0.05) is 16.7 Å². The molecule has 0 saturated heterocycles. The van der Waals surface area contributed by atoms with Crippen LogP contribution in [-0.4, -0.2) is 46.0 Å². The van der Waals surface area contributed by atoms with Crippen LogP contribution in [0.3, 0.4) is 0 Å². The molecule has 0 spiro atoms. The van der Waals surface area contributed by atoms with Crippen molar-refractivity contribution in [2.24, 2.45) is 0 Å². The third-order valence-electron chi connectivity index (χ3n) is 7.66. The minimum absolute atomic E-state index is 0.0860. The molecule has 0 unspecified atom stereocenters. The van der Waals surface area contributed by atoms with Crippen LogP contribution in [-0.2, 0) is 11.2 Å². The van der Waals surface area contributed by atoms with Gasteiger partial charge in [0.25, 0.3) is 5.91 Å². The Kier molecular flexibility index (Phi) is 8.27. The summed E-state index contributed by atoms with van der Waals surface area (Å²) in [5.41, 5.74) is -5.12. The minimum Gasteiger partial charge on any atom is -0.494 e. The van der Waals surface area contributed by atoms with Gasteiger partial charge in [-0.3, -0.25) is 4.79 Å². The van der Waals surface area contributed by atoms with Crippen LogP contribution in [0, 0.1) is 18.6 Å². The van der Waals surface area contributed by atoms with Crippen LogP contribution in [0.2, 0.25) is 5.02 Å². The van der Waals surface area contributed by atoms with Gasteiger partial charge in [0.2, 0.25) is 0 Å². The lowest BCUT2D eigenvalue weighted by molar-refractivity contribution is -0.286. The molecule has 1 amide bonds. The fourth-order valence-corrected chi connectivity index (χ4v) is 6.49. The molecule has 3 heterocycles. The van der Waals surface area contributed by atoms with Gasteiger partial charge in [-0.05, 0) is 68.8 Å². The highest BCUT2D eigenvalue weighted by Gasteiger charge is 2.45. The maximum atomic E-state index is 16.2. The molecule has 1 atom stereocenters. The van der Waals surface area contributed by atoms with Gasteiger partial charge in [0.1, 0.15) is 28.4 Å². The third-order valence-corrected chi connectivity index (χ3v) is 8.96.